The van der Waals surface area contributed by atoms with Crippen LogP contribution in [-0.2, 0) is 14.3 Å². The number of alkyl carbamates (subject to hydrolysis) is 1. The van der Waals surface area contributed by atoms with Crippen molar-refractivity contribution in [2.45, 2.75) is 97.9 Å². The van der Waals surface area contributed by atoms with Crippen LogP contribution < -0.4 is 10.6 Å². The minimum Gasteiger partial charge on any atom is -0.444 e. The fraction of sp³-hybridized carbons (Fsp3) is 0.593. The molecule has 0 heterocycles. The van der Waals surface area contributed by atoms with Crippen molar-refractivity contribution in [1.82, 2.24) is 15.5 Å². The van der Waals surface area contributed by atoms with E-state index in [1.54, 1.807) is 56.9 Å². The minimum atomic E-state index is -0.883. The van der Waals surface area contributed by atoms with E-state index in [1.807, 2.05) is 20.8 Å². The van der Waals surface area contributed by atoms with Gasteiger partial charge in [-0.1, -0.05) is 37.8 Å². The summed E-state index contributed by atoms with van der Waals surface area (Å²) < 4.78 is 5.30. The van der Waals surface area contributed by atoms with E-state index in [4.69, 9.17) is 11.2 Å². The molecule has 34 heavy (non-hydrogen) atoms. The lowest BCUT2D eigenvalue weighted by molar-refractivity contribution is -0.142. The van der Waals surface area contributed by atoms with Gasteiger partial charge in [0.15, 0.2) is 0 Å². The maximum Gasteiger partial charge on any atom is 0.408 e. The second-order valence-electron chi connectivity index (χ2n) is 10.5. The monoisotopic (exact) mass is 471 g/mol. The Morgan fingerprint density at radius 2 is 1.65 bits per heavy atom. The van der Waals surface area contributed by atoms with Crippen molar-refractivity contribution in [3.63, 3.8) is 0 Å². The number of unbranched alkanes of at least 4 members (excludes halogenated alkanes) is 2. The topological polar surface area (TPSA) is 87.7 Å². The van der Waals surface area contributed by atoms with Crippen molar-refractivity contribution in [3.8, 4) is 12.3 Å². The number of amides is 3. The molecule has 1 aromatic carbocycles. The summed E-state index contributed by atoms with van der Waals surface area (Å²) in [5, 5.41) is 5.61. The Bertz CT molecular complexity index is 873. The molecule has 0 aliphatic rings. The van der Waals surface area contributed by atoms with Crippen molar-refractivity contribution in [2.75, 3.05) is 6.54 Å². The van der Waals surface area contributed by atoms with Crippen LogP contribution in [0.25, 0.3) is 0 Å². The lowest BCUT2D eigenvalue weighted by Gasteiger charge is -2.35. The van der Waals surface area contributed by atoms with Gasteiger partial charge in [0.05, 0.1) is 0 Å². The molecule has 0 spiro atoms. The second-order valence-corrected chi connectivity index (χ2v) is 10.5. The van der Waals surface area contributed by atoms with Gasteiger partial charge in [-0.05, 0) is 72.6 Å². The standard InChI is InChI=1S/C27H41N3O4/c1-10-12-13-18-30(24(32)19(3)28-25(33)34-27(7,8)9)22(23(31)29-26(4,5)6)21-16-14-20(11-2)15-17-21/h2,14-17,19,22H,10,12-13,18H2,1,3-9H3,(H,28,33)(H,29,31). The fourth-order valence-electron chi connectivity index (χ4n) is 3.37. The lowest BCUT2D eigenvalue weighted by atomic mass is 9.99. The third kappa shape index (κ3) is 9.86. The summed E-state index contributed by atoms with van der Waals surface area (Å²) in [4.78, 5) is 40.9. The van der Waals surface area contributed by atoms with E-state index in [2.05, 4.69) is 23.5 Å². The molecule has 0 radical (unpaired) electrons. The molecule has 2 atom stereocenters. The number of nitrogens with zero attached hydrogens (tertiary/aromatic N) is 1. The quantitative estimate of drug-likeness (QED) is 0.408. The van der Waals surface area contributed by atoms with Gasteiger partial charge in [0.25, 0.3) is 0 Å². The van der Waals surface area contributed by atoms with Crippen LogP contribution in [0.1, 0.15) is 91.8 Å². The summed E-state index contributed by atoms with van der Waals surface area (Å²) in [6.07, 6.45) is 7.40. The third-order valence-electron chi connectivity index (χ3n) is 4.84. The first-order chi connectivity index (χ1) is 15.7. The molecule has 0 aromatic heterocycles. The van der Waals surface area contributed by atoms with E-state index >= 15 is 0 Å². The van der Waals surface area contributed by atoms with Gasteiger partial charge >= 0.3 is 6.09 Å². The Morgan fingerprint density at radius 1 is 1.06 bits per heavy atom. The van der Waals surface area contributed by atoms with E-state index < -0.39 is 29.3 Å². The zero-order valence-corrected chi connectivity index (χ0v) is 22.0. The van der Waals surface area contributed by atoms with Gasteiger partial charge in [0.1, 0.15) is 17.7 Å². The Balaban J connectivity index is 3.36. The van der Waals surface area contributed by atoms with Gasteiger partial charge in [0, 0.05) is 17.6 Å². The number of hydrogen-bond donors (Lipinski definition) is 2. The molecule has 0 fully saturated rings. The molecule has 0 saturated carbocycles. The second kappa shape index (κ2) is 12.5. The Hall–Kier alpha value is -3.01. The first-order valence-corrected chi connectivity index (χ1v) is 11.9. The van der Waals surface area contributed by atoms with Crippen molar-refractivity contribution in [1.29, 1.82) is 0 Å². The molecule has 0 aliphatic carbocycles. The van der Waals surface area contributed by atoms with Crippen LogP contribution in [0.15, 0.2) is 24.3 Å². The highest BCUT2D eigenvalue weighted by Crippen LogP contribution is 2.25. The number of carbonyl (C=O) groups excluding carboxylic acids is 3. The average Bonchev–Trinajstić information content (AvgIpc) is 2.70. The van der Waals surface area contributed by atoms with Crippen molar-refractivity contribution in [3.05, 3.63) is 35.4 Å². The summed E-state index contributed by atoms with van der Waals surface area (Å²) in [5.74, 6) is 1.91. The van der Waals surface area contributed by atoms with E-state index in [0.717, 1.165) is 19.3 Å². The first-order valence-electron chi connectivity index (χ1n) is 11.9. The van der Waals surface area contributed by atoms with Crippen LogP contribution in [-0.4, -0.2) is 46.5 Å². The van der Waals surface area contributed by atoms with Crippen LogP contribution >= 0.6 is 0 Å². The van der Waals surface area contributed by atoms with E-state index in [0.29, 0.717) is 17.7 Å². The molecular formula is C27H41N3O4. The molecule has 2 N–H and O–H groups in total. The molecule has 0 bridgehead atoms. The highest BCUT2D eigenvalue weighted by atomic mass is 16.6. The fourth-order valence-corrected chi connectivity index (χ4v) is 3.37. The SMILES string of the molecule is C#Cc1ccc(C(C(=O)NC(C)(C)C)N(CCCCC)C(=O)C(C)NC(=O)OC(C)(C)C)cc1. The molecule has 1 aromatic rings. The number of ether oxygens (including phenoxy) is 1. The summed E-state index contributed by atoms with van der Waals surface area (Å²) >= 11 is 0. The van der Waals surface area contributed by atoms with Gasteiger partial charge in [-0.25, -0.2) is 4.79 Å². The van der Waals surface area contributed by atoms with Gasteiger partial charge in [0.2, 0.25) is 11.8 Å². The first kappa shape index (κ1) is 29.0. The third-order valence-corrected chi connectivity index (χ3v) is 4.84. The van der Waals surface area contributed by atoms with Gasteiger partial charge in [-0.2, -0.15) is 0 Å². The number of benzene rings is 1. The Kier molecular flexibility index (Phi) is 10.6. The van der Waals surface area contributed by atoms with Crippen LogP contribution in [0.3, 0.4) is 0 Å². The van der Waals surface area contributed by atoms with E-state index in [9.17, 15) is 14.4 Å². The normalized spacial score (nSPS) is 13.3. The summed E-state index contributed by atoms with van der Waals surface area (Å²) in [6, 6.07) is 5.29. The smallest absolute Gasteiger partial charge is 0.408 e. The highest BCUT2D eigenvalue weighted by molar-refractivity contribution is 5.92. The van der Waals surface area contributed by atoms with Crippen molar-refractivity contribution < 1.29 is 19.1 Å². The van der Waals surface area contributed by atoms with Crippen LogP contribution in [0.5, 0.6) is 0 Å². The van der Waals surface area contributed by atoms with Crippen LogP contribution in [0, 0.1) is 12.3 Å². The number of carbonyl (C=O) groups is 3. The summed E-state index contributed by atoms with van der Waals surface area (Å²) in [6.45, 7) is 15.0. The van der Waals surface area contributed by atoms with Gasteiger partial charge < -0.3 is 20.3 Å². The maximum absolute atomic E-state index is 13.6. The predicted octanol–water partition coefficient (Wildman–Crippen LogP) is 4.56. The van der Waals surface area contributed by atoms with Gasteiger partial charge in [-0.3, -0.25) is 9.59 Å². The van der Waals surface area contributed by atoms with Crippen LogP contribution in [0.4, 0.5) is 4.79 Å². The van der Waals surface area contributed by atoms with E-state index in [1.165, 1.54) is 0 Å². The molecule has 7 nitrogen and oxygen atoms in total. The number of nitrogens with one attached hydrogen (secondary N) is 2. The van der Waals surface area contributed by atoms with Gasteiger partial charge in [-0.15, -0.1) is 6.42 Å². The van der Waals surface area contributed by atoms with E-state index in [-0.39, 0.29) is 11.8 Å². The summed E-state index contributed by atoms with van der Waals surface area (Å²) in [5.41, 5.74) is 0.145. The average molecular weight is 472 g/mol. The van der Waals surface area contributed by atoms with Crippen molar-refractivity contribution in [2.24, 2.45) is 0 Å². The number of hydrogen-bond acceptors (Lipinski definition) is 4. The zero-order chi connectivity index (χ0) is 26.1. The molecular weight excluding hydrogens is 430 g/mol. The molecule has 2 unspecified atom stereocenters. The highest BCUT2D eigenvalue weighted by Gasteiger charge is 2.35. The van der Waals surface area contributed by atoms with Crippen molar-refractivity contribution >= 4 is 17.9 Å². The Labute approximate surface area is 205 Å². The number of terminal acetylenes is 1. The molecule has 3 amide bonds. The summed E-state index contributed by atoms with van der Waals surface area (Å²) in [7, 11) is 0. The molecule has 0 saturated heterocycles. The molecule has 188 valence electrons. The minimum absolute atomic E-state index is 0.296. The van der Waals surface area contributed by atoms with Crippen LogP contribution in [0.2, 0.25) is 0 Å². The Morgan fingerprint density at radius 3 is 2.12 bits per heavy atom. The zero-order valence-electron chi connectivity index (χ0n) is 22.0. The number of rotatable bonds is 9. The lowest BCUT2D eigenvalue weighted by Crippen LogP contribution is -2.54. The maximum atomic E-state index is 13.6. The molecule has 1 rings (SSSR count). The molecule has 0 aliphatic heterocycles. The largest absolute Gasteiger partial charge is 0.444 e. The predicted molar refractivity (Wildman–Crippen MR) is 135 cm³/mol. The molecule has 7 heteroatoms.